The number of aromatic nitrogens is 3. The maximum atomic E-state index is 13.3. The molecule has 2 heterocycles. The van der Waals surface area contributed by atoms with Crippen LogP contribution in [0.15, 0.2) is 85.2 Å². The number of anilines is 1. The van der Waals surface area contributed by atoms with Crippen molar-refractivity contribution < 1.29 is 22.8 Å². The maximum Gasteiger partial charge on any atom is 0.435 e. The normalized spacial score (nSPS) is 10.9. The summed E-state index contributed by atoms with van der Waals surface area (Å²) in [5.74, 6) is -1.22. The molecule has 0 bridgehead atoms. The van der Waals surface area contributed by atoms with E-state index in [-0.39, 0.29) is 23.0 Å². The molecule has 7 nitrogen and oxygen atoms in total. The molecule has 0 radical (unpaired) electrons. The van der Waals surface area contributed by atoms with Crippen LogP contribution in [0.25, 0.3) is 5.69 Å². The minimum atomic E-state index is -4.72. The van der Waals surface area contributed by atoms with Crippen molar-refractivity contribution in [1.82, 2.24) is 20.1 Å². The lowest BCUT2D eigenvalue weighted by molar-refractivity contribution is -0.141. The van der Waals surface area contributed by atoms with E-state index < -0.39 is 23.7 Å². The van der Waals surface area contributed by atoms with Crippen LogP contribution in [0.3, 0.4) is 0 Å². The number of aryl methyl sites for hydroxylation is 1. The van der Waals surface area contributed by atoms with E-state index in [9.17, 15) is 22.8 Å². The van der Waals surface area contributed by atoms with Crippen molar-refractivity contribution in [2.24, 2.45) is 0 Å². The lowest BCUT2D eigenvalue weighted by Gasteiger charge is -2.15. The molecule has 2 N–H and O–H groups in total. The first kappa shape index (κ1) is 27.1. The van der Waals surface area contributed by atoms with Crippen LogP contribution >= 0.6 is 0 Å². The van der Waals surface area contributed by atoms with Gasteiger partial charge in [-0.2, -0.15) is 18.3 Å². The first-order chi connectivity index (χ1) is 17.6. The van der Waals surface area contributed by atoms with Gasteiger partial charge in [0.05, 0.1) is 16.9 Å². The maximum absolute atomic E-state index is 13.3. The summed E-state index contributed by atoms with van der Waals surface area (Å²) >= 11 is 0. The highest BCUT2D eigenvalue weighted by molar-refractivity contribution is 6.09. The van der Waals surface area contributed by atoms with Crippen molar-refractivity contribution in [3.05, 3.63) is 108 Å². The minimum absolute atomic E-state index is 0.134. The smallest absolute Gasteiger partial charge is 0.350 e. The summed E-state index contributed by atoms with van der Waals surface area (Å²) in [5.41, 5.74) is -0.178. The summed E-state index contributed by atoms with van der Waals surface area (Å²) in [4.78, 5) is 29.4. The van der Waals surface area contributed by atoms with Crippen LogP contribution in [0.5, 0.6) is 0 Å². The summed E-state index contributed by atoms with van der Waals surface area (Å²) in [6.07, 6.45) is -1.22. The first-order valence-corrected chi connectivity index (χ1v) is 11.4. The van der Waals surface area contributed by atoms with Crippen LogP contribution in [0.1, 0.15) is 46.0 Å². The zero-order valence-electron chi connectivity index (χ0n) is 20.5. The molecule has 0 fully saturated rings. The molecule has 2 aromatic heterocycles. The monoisotopic (exact) mass is 509 g/mol. The Balaban J connectivity index is 0.000000555. The van der Waals surface area contributed by atoms with Crippen molar-refractivity contribution in [3.8, 4) is 5.69 Å². The van der Waals surface area contributed by atoms with Crippen LogP contribution in [0, 0.1) is 6.92 Å². The van der Waals surface area contributed by atoms with E-state index in [1.165, 1.54) is 6.07 Å². The van der Waals surface area contributed by atoms with Gasteiger partial charge in [0.1, 0.15) is 5.69 Å². The van der Waals surface area contributed by atoms with Crippen molar-refractivity contribution in [2.75, 3.05) is 5.32 Å². The van der Waals surface area contributed by atoms with E-state index in [1.54, 1.807) is 75.6 Å². The molecule has 0 aliphatic carbocycles. The third-order valence-corrected chi connectivity index (χ3v) is 4.98. The summed E-state index contributed by atoms with van der Waals surface area (Å²) < 4.78 is 40.8. The van der Waals surface area contributed by atoms with Gasteiger partial charge in [-0.3, -0.25) is 14.6 Å². The molecule has 0 spiro atoms. The van der Waals surface area contributed by atoms with Crippen molar-refractivity contribution in [2.45, 2.75) is 33.0 Å². The topological polar surface area (TPSA) is 88.9 Å². The summed E-state index contributed by atoms with van der Waals surface area (Å²) in [5, 5.41) is 8.93. The van der Waals surface area contributed by atoms with E-state index >= 15 is 0 Å². The average molecular weight is 510 g/mol. The third-order valence-electron chi connectivity index (χ3n) is 4.98. The van der Waals surface area contributed by atoms with Crippen molar-refractivity contribution >= 4 is 17.5 Å². The molecule has 2 aromatic carbocycles. The lowest BCUT2D eigenvalue weighted by atomic mass is 10.1. The van der Waals surface area contributed by atoms with E-state index in [2.05, 4.69) is 20.7 Å². The number of alkyl halides is 3. The van der Waals surface area contributed by atoms with E-state index in [4.69, 9.17) is 0 Å². The van der Waals surface area contributed by atoms with Gasteiger partial charge in [0, 0.05) is 24.5 Å². The Bertz CT molecular complexity index is 1310. The fraction of sp³-hybridized carbons (Fsp3) is 0.185. The molecular weight excluding hydrogens is 483 g/mol. The Labute approximate surface area is 212 Å². The van der Waals surface area contributed by atoms with Crippen molar-refractivity contribution in [1.29, 1.82) is 0 Å². The standard InChI is InChI=1S/C22H21F3N4O2.C5H5N/c1-13(2)26-20(30)16-11-7-8-14(3)19(16)27-21(31)17-12-18(22(23,24)25)28-29(17)15-9-5-4-6-10-15;1-2-4-6-5-3-1/h4-13H,1-3H3,(H,26,30)(H,27,31);1-5H. The molecule has 0 aliphatic heterocycles. The molecule has 4 aromatic rings. The molecule has 10 heteroatoms. The number of amides is 2. The van der Waals surface area contributed by atoms with Crippen LogP contribution < -0.4 is 10.6 Å². The molecule has 37 heavy (non-hydrogen) atoms. The van der Waals surface area contributed by atoms with Crippen LogP contribution in [-0.2, 0) is 6.18 Å². The van der Waals surface area contributed by atoms with Gasteiger partial charge < -0.3 is 10.6 Å². The molecule has 0 aliphatic rings. The second-order valence-electron chi connectivity index (χ2n) is 8.26. The number of nitrogens with one attached hydrogen (secondary N) is 2. The predicted octanol–water partition coefficient (Wildman–Crippen LogP) is 5.67. The van der Waals surface area contributed by atoms with Crippen LogP contribution in [0.2, 0.25) is 0 Å². The zero-order valence-corrected chi connectivity index (χ0v) is 20.5. The van der Waals surface area contributed by atoms with Crippen LogP contribution in [-0.4, -0.2) is 32.6 Å². The number of para-hydroxylation sites is 2. The molecule has 2 amide bonds. The molecule has 0 saturated carbocycles. The third kappa shape index (κ3) is 7.26. The number of carbonyl (C=O) groups is 2. The second-order valence-corrected chi connectivity index (χ2v) is 8.26. The Morgan fingerprint density at radius 3 is 2.08 bits per heavy atom. The Morgan fingerprint density at radius 2 is 1.54 bits per heavy atom. The van der Waals surface area contributed by atoms with Gasteiger partial charge >= 0.3 is 6.18 Å². The highest BCUT2D eigenvalue weighted by Gasteiger charge is 2.36. The van der Waals surface area contributed by atoms with Gasteiger partial charge in [0.15, 0.2) is 5.69 Å². The largest absolute Gasteiger partial charge is 0.435 e. The number of carbonyl (C=O) groups excluding carboxylic acids is 2. The summed E-state index contributed by atoms with van der Waals surface area (Å²) in [7, 11) is 0. The van der Waals surface area contributed by atoms with Gasteiger partial charge in [-0.05, 0) is 56.7 Å². The molecular formula is C27H26F3N5O2. The van der Waals surface area contributed by atoms with E-state index in [1.807, 2.05) is 18.2 Å². The van der Waals surface area contributed by atoms with E-state index in [0.29, 0.717) is 17.3 Å². The van der Waals surface area contributed by atoms with Gasteiger partial charge in [0.2, 0.25) is 0 Å². The quantitative estimate of drug-likeness (QED) is 0.363. The lowest BCUT2D eigenvalue weighted by Crippen LogP contribution is -2.31. The summed E-state index contributed by atoms with van der Waals surface area (Å²) in [6, 6.07) is 19.2. The van der Waals surface area contributed by atoms with E-state index in [0.717, 1.165) is 4.68 Å². The van der Waals surface area contributed by atoms with Gasteiger partial charge in [-0.15, -0.1) is 0 Å². The molecule has 192 valence electrons. The number of hydrogen-bond donors (Lipinski definition) is 2. The van der Waals surface area contributed by atoms with Gasteiger partial charge in [0.25, 0.3) is 11.8 Å². The zero-order chi connectivity index (χ0) is 27.0. The average Bonchev–Trinajstić information content (AvgIpc) is 3.33. The SMILES string of the molecule is Cc1cccc(C(=O)NC(C)C)c1NC(=O)c1cc(C(F)(F)F)nn1-c1ccccc1.c1ccncc1. The Kier molecular flexibility index (Phi) is 8.78. The minimum Gasteiger partial charge on any atom is -0.350 e. The molecule has 0 saturated heterocycles. The fourth-order valence-electron chi connectivity index (χ4n) is 3.30. The van der Waals surface area contributed by atoms with Gasteiger partial charge in [-0.1, -0.05) is 36.4 Å². The summed E-state index contributed by atoms with van der Waals surface area (Å²) in [6.45, 7) is 5.28. The molecule has 0 atom stereocenters. The number of hydrogen-bond acceptors (Lipinski definition) is 4. The first-order valence-electron chi connectivity index (χ1n) is 11.4. The number of rotatable bonds is 5. The second kappa shape index (κ2) is 12.0. The predicted molar refractivity (Wildman–Crippen MR) is 135 cm³/mol. The van der Waals surface area contributed by atoms with Gasteiger partial charge in [-0.25, -0.2) is 4.68 Å². The number of nitrogens with zero attached hydrogens (tertiary/aromatic N) is 3. The number of pyridine rings is 1. The van der Waals surface area contributed by atoms with Crippen molar-refractivity contribution in [3.63, 3.8) is 0 Å². The van der Waals surface area contributed by atoms with Crippen LogP contribution in [0.4, 0.5) is 18.9 Å². The highest BCUT2D eigenvalue weighted by Crippen LogP contribution is 2.30. The Morgan fingerprint density at radius 1 is 0.892 bits per heavy atom. The fourth-order valence-corrected chi connectivity index (χ4v) is 3.30. The number of halogens is 3. The highest BCUT2D eigenvalue weighted by atomic mass is 19.4. The Hall–Kier alpha value is -4.47. The molecule has 0 unspecified atom stereocenters. The molecule has 4 rings (SSSR count). The number of benzene rings is 2.